The molecule has 102 valence electrons. The number of nitrogens with one attached hydrogen (secondary N) is 1. The zero-order chi connectivity index (χ0) is 13.1. The summed E-state index contributed by atoms with van der Waals surface area (Å²) in [6.07, 6.45) is 1.16. The number of thioether (sulfide) groups is 1. The van der Waals surface area contributed by atoms with Crippen LogP contribution in [0.15, 0.2) is 29.2 Å². The number of rotatable bonds is 10. The average Bonchev–Trinajstić information content (AvgIpc) is 2.39. The van der Waals surface area contributed by atoms with Gasteiger partial charge in [-0.3, -0.25) is 0 Å². The maximum atomic E-state index is 8.58. The molecule has 1 rings (SSSR count). The molecule has 0 saturated carbocycles. The van der Waals surface area contributed by atoms with E-state index in [0.29, 0.717) is 13.2 Å². The van der Waals surface area contributed by atoms with Crippen molar-refractivity contribution in [2.75, 3.05) is 32.1 Å². The summed E-state index contributed by atoms with van der Waals surface area (Å²) in [5, 5.41) is 12.0. The summed E-state index contributed by atoms with van der Waals surface area (Å²) in [6.45, 7) is 5.38. The first-order valence-electron chi connectivity index (χ1n) is 6.48. The van der Waals surface area contributed by atoms with Crippen molar-refractivity contribution in [3.05, 3.63) is 29.8 Å². The van der Waals surface area contributed by atoms with Gasteiger partial charge < -0.3 is 15.2 Å². The third kappa shape index (κ3) is 7.01. The van der Waals surface area contributed by atoms with Crippen molar-refractivity contribution in [1.29, 1.82) is 0 Å². The molecule has 0 fully saturated rings. The van der Waals surface area contributed by atoms with Crippen LogP contribution in [0.25, 0.3) is 0 Å². The van der Waals surface area contributed by atoms with Crippen molar-refractivity contribution in [3.63, 3.8) is 0 Å². The van der Waals surface area contributed by atoms with Crippen LogP contribution in [-0.2, 0) is 11.3 Å². The lowest BCUT2D eigenvalue weighted by atomic mass is 10.2. The fraction of sp³-hybridized carbons (Fsp3) is 0.571. The van der Waals surface area contributed by atoms with Gasteiger partial charge in [-0.25, -0.2) is 0 Å². The molecule has 0 heterocycles. The van der Waals surface area contributed by atoms with Crippen molar-refractivity contribution in [2.24, 2.45) is 0 Å². The first-order valence-corrected chi connectivity index (χ1v) is 7.46. The Hall–Kier alpha value is -0.550. The van der Waals surface area contributed by atoms with Gasteiger partial charge in [-0.2, -0.15) is 0 Å². The highest BCUT2D eigenvalue weighted by Crippen LogP contribution is 2.18. The largest absolute Gasteiger partial charge is 0.394 e. The molecule has 18 heavy (non-hydrogen) atoms. The number of aliphatic hydroxyl groups is 1. The summed E-state index contributed by atoms with van der Waals surface area (Å²) < 4.78 is 5.23. The zero-order valence-electron chi connectivity index (χ0n) is 11.0. The van der Waals surface area contributed by atoms with Crippen LogP contribution in [0, 0.1) is 0 Å². The third-order valence-corrected chi connectivity index (χ3v) is 3.34. The number of aliphatic hydroxyl groups excluding tert-OH is 1. The predicted octanol–water partition coefficient (Wildman–Crippen LogP) is 2.29. The number of ether oxygens (including phenoxy) is 1. The normalized spacial score (nSPS) is 10.8. The number of hydrogen-bond donors (Lipinski definition) is 2. The maximum Gasteiger partial charge on any atom is 0.0698 e. The van der Waals surface area contributed by atoms with Crippen LogP contribution in [0.2, 0.25) is 0 Å². The van der Waals surface area contributed by atoms with Crippen molar-refractivity contribution in [1.82, 2.24) is 5.32 Å². The fourth-order valence-corrected chi connectivity index (χ4v) is 2.39. The summed E-state index contributed by atoms with van der Waals surface area (Å²) >= 11 is 1.79. The Kier molecular flexibility index (Phi) is 8.94. The van der Waals surface area contributed by atoms with Gasteiger partial charge in [-0.05, 0) is 30.7 Å². The van der Waals surface area contributed by atoms with Crippen LogP contribution >= 0.6 is 11.8 Å². The van der Waals surface area contributed by atoms with Crippen molar-refractivity contribution in [2.45, 2.75) is 24.8 Å². The molecule has 0 bridgehead atoms. The molecule has 0 unspecified atom stereocenters. The van der Waals surface area contributed by atoms with E-state index < -0.39 is 0 Å². The highest BCUT2D eigenvalue weighted by atomic mass is 32.2. The fourth-order valence-electron chi connectivity index (χ4n) is 1.54. The van der Waals surface area contributed by atoms with Crippen LogP contribution in [0.5, 0.6) is 0 Å². The molecule has 1 aromatic carbocycles. The third-order valence-electron chi connectivity index (χ3n) is 2.39. The molecule has 0 aliphatic carbocycles. The van der Waals surface area contributed by atoms with E-state index in [1.165, 1.54) is 10.5 Å². The molecular weight excluding hydrogens is 246 g/mol. The van der Waals surface area contributed by atoms with Crippen LogP contribution < -0.4 is 5.32 Å². The monoisotopic (exact) mass is 269 g/mol. The second-order valence-corrected chi connectivity index (χ2v) is 5.18. The van der Waals surface area contributed by atoms with Gasteiger partial charge in [-0.1, -0.05) is 19.1 Å². The van der Waals surface area contributed by atoms with E-state index in [-0.39, 0.29) is 6.61 Å². The van der Waals surface area contributed by atoms with Gasteiger partial charge in [0.05, 0.1) is 19.8 Å². The Bertz CT molecular complexity index is 320. The molecule has 2 N–H and O–H groups in total. The van der Waals surface area contributed by atoms with E-state index >= 15 is 0 Å². The summed E-state index contributed by atoms with van der Waals surface area (Å²) in [7, 11) is 0. The van der Waals surface area contributed by atoms with E-state index in [1.54, 1.807) is 11.8 Å². The molecule has 4 heteroatoms. The molecule has 0 aromatic heterocycles. The molecule has 0 radical (unpaired) electrons. The Morgan fingerprint density at radius 2 is 2.22 bits per heavy atom. The molecular formula is C14H23NO2S. The Balaban J connectivity index is 2.26. The zero-order valence-corrected chi connectivity index (χ0v) is 11.8. The Morgan fingerprint density at radius 3 is 3.00 bits per heavy atom. The van der Waals surface area contributed by atoms with Gasteiger partial charge in [0.2, 0.25) is 0 Å². The lowest BCUT2D eigenvalue weighted by Gasteiger charge is -2.06. The topological polar surface area (TPSA) is 41.5 Å². The molecule has 3 nitrogen and oxygen atoms in total. The van der Waals surface area contributed by atoms with E-state index in [2.05, 4.69) is 36.5 Å². The van der Waals surface area contributed by atoms with Crippen LogP contribution in [-0.4, -0.2) is 37.2 Å². The number of benzene rings is 1. The summed E-state index contributed by atoms with van der Waals surface area (Å²) in [5.74, 6) is 0.922. The Morgan fingerprint density at radius 1 is 1.33 bits per heavy atom. The summed E-state index contributed by atoms with van der Waals surface area (Å²) in [5.41, 5.74) is 1.32. The van der Waals surface area contributed by atoms with Crippen molar-refractivity contribution < 1.29 is 9.84 Å². The maximum absolute atomic E-state index is 8.58. The second-order valence-electron chi connectivity index (χ2n) is 4.01. The van der Waals surface area contributed by atoms with Crippen molar-refractivity contribution in [3.8, 4) is 0 Å². The van der Waals surface area contributed by atoms with Gasteiger partial charge in [0, 0.05) is 17.2 Å². The van der Waals surface area contributed by atoms with E-state index in [0.717, 1.165) is 25.3 Å². The van der Waals surface area contributed by atoms with E-state index in [9.17, 15) is 0 Å². The summed E-state index contributed by atoms with van der Waals surface area (Å²) in [6, 6.07) is 8.59. The van der Waals surface area contributed by atoms with Gasteiger partial charge in [-0.15, -0.1) is 11.8 Å². The SMILES string of the molecule is CCCNCc1cccc(SCCOCCO)c1. The highest BCUT2D eigenvalue weighted by Gasteiger charge is 1.97. The highest BCUT2D eigenvalue weighted by molar-refractivity contribution is 7.99. The molecule has 1 aromatic rings. The molecule has 0 amide bonds. The minimum atomic E-state index is 0.100. The quantitative estimate of drug-likeness (QED) is 0.505. The van der Waals surface area contributed by atoms with Crippen molar-refractivity contribution >= 4 is 11.8 Å². The van der Waals surface area contributed by atoms with Gasteiger partial charge in [0.15, 0.2) is 0 Å². The summed E-state index contributed by atoms with van der Waals surface area (Å²) in [4.78, 5) is 1.28. The number of hydrogen-bond acceptors (Lipinski definition) is 4. The Labute approximate surface area is 114 Å². The van der Waals surface area contributed by atoms with Gasteiger partial charge in [0.1, 0.15) is 0 Å². The minimum Gasteiger partial charge on any atom is -0.394 e. The lowest BCUT2D eigenvalue weighted by Crippen LogP contribution is -2.13. The predicted molar refractivity (Wildman–Crippen MR) is 77.1 cm³/mol. The molecule has 0 aliphatic rings. The van der Waals surface area contributed by atoms with E-state index in [4.69, 9.17) is 9.84 Å². The van der Waals surface area contributed by atoms with Gasteiger partial charge >= 0.3 is 0 Å². The van der Waals surface area contributed by atoms with Gasteiger partial charge in [0.25, 0.3) is 0 Å². The van der Waals surface area contributed by atoms with E-state index in [1.807, 2.05) is 0 Å². The first kappa shape index (κ1) is 15.5. The molecule has 0 saturated heterocycles. The lowest BCUT2D eigenvalue weighted by molar-refractivity contribution is 0.103. The molecule has 0 spiro atoms. The smallest absolute Gasteiger partial charge is 0.0698 e. The molecule has 0 atom stereocenters. The first-order chi connectivity index (χ1) is 8.86. The minimum absolute atomic E-state index is 0.100. The molecule has 0 aliphatic heterocycles. The van der Waals surface area contributed by atoms with Crippen LogP contribution in [0.3, 0.4) is 0 Å². The van der Waals surface area contributed by atoms with Crippen LogP contribution in [0.4, 0.5) is 0 Å². The second kappa shape index (κ2) is 10.4. The standard InChI is InChI=1S/C14H23NO2S/c1-2-6-15-12-13-4-3-5-14(11-13)18-10-9-17-8-7-16/h3-5,11,15-16H,2,6-10,12H2,1H3. The average molecular weight is 269 g/mol. The van der Waals surface area contributed by atoms with Crippen LogP contribution in [0.1, 0.15) is 18.9 Å².